The van der Waals surface area contributed by atoms with Crippen molar-refractivity contribution in [2.75, 3.05) is 7.05 Å². The van der Waals surface area contributed by atoms with E-state index in [1.54, 1.807) is 6.07 Å². The van der Waals surface area contributed by atoms with Crippen molar-refractivity contribution in [2.24, 2.45) is 0 Å². The summed E-state index contributed by atoms with van der Waals surface area (Å²) < 4.78 is 15.3. The van der Waals surface area contributed by atoms with E-state index in [0.29, 0.717) is 19.6 Å². The Balaban J connectivity index is 2.29. The highest BCUT2D eigenvalue weighted by Crippen LogP contribution is 2.36. The first-order valence-electron chi connectivity index (χ1n) is 5.57. The van der Waals surface area contributed by atoms with Crippen LogP contribution in [0.4, 0.5) is 4.39 Å². The fourth-order valence-corrected chi connectivity index (χ4v) is 3.89. The molecule has 0 amide bonds. The van der Waals surface area contributed by atoms with Crippen LogP contribution in [-0.2, 0) is 6.42 Å². The van der Waals surface area contributed by atoms with Crippen LogP contribution < -0.4 is 5.32 Å². The second-order valence-corrected chi connectivity index (χ2v) is 7.12. The zero-order valence-corrected chi connectivity index (χ0v) is 13.9. The molecule has 0 bridgehead atoms. The lowest BCUT2D eigenvalue weighted by Gasteiger charge is -2.17. The molecule has 0 aliphatic carbocycles. The number of hydrogen-bond donors (Lipinski definition) is 1. The molecule has 1 atom stereocenters. The smallest absolute Gasteiger partial charge is 0.137 e. The zero-order valence-electron chi connectivity index (χ0n) is 10.0. The Kier molecular flexibility index (Phi) is 5.26. The average molecular weight is 383 g/mol. The summed E-state index contributed by atoms with van der Waals surface area (Å²) in [5, 5.41) is 3.19. The zero-order chi connectivity index (χ0) is 14.0. The van der Waals surface area contributed by atoms with Gasteiger partial charge in [-0.05, 0) is 47.1 Å². The fraction of sp³-hybridized carbons (Fsp3) is 0.231. The Labute approximate surface area is 133 Å². The first kappa shape index (κ1) is 15.3. The van der Waals surface area contributed by atoms with Crippen molar-refractivity contribution in [1.82, 2.24) is 5.32 Å². The van der Waals surface area contributed by atoms with Crippen molar-refractivity contribution >= 4 is 50.5 Å². The van der Waals surface area contributed by atoms with E-state index in [9.17, 15) is 4.39 Å². The van der Waals surface area contributed by atoms with E-state index < -0.39 is 0 Å². The largest absolute Gasteiger partial charge is 0.313 e. The number of hydrogen-bond acceptors (Lipinski definition) is 2. The molecule has 2 rings (SSSR count). The molecular weight excluding hydrogens is 372 g/mol. The van der Waals surface area contributed by atoms with E-state index in [4.69, 9.17) is 23.2 Å². The Morgan fingerprint density at radius 3 is 2.74 bits per heavy atom. The molecule has 0 fully saturated rings. The summed E-state index contributed by atoms with van der Waals surface area (Å²) in [5.41, 5.74) is 1.83. The lowest BCUT2D eigenvalue weighted by molar-refractivity contribution is 0.582. The molecule has 0 saturated heterocycles. The Bertz CT molecular complexity index is 588. The van der Waals surface area contributed by atoms with Gasteiger partial charge in [0.15, 0.2) is 0 Å². The molecule has 19 heavy (non-hydrogen) atoms. The quantitative estimate of drug-likeness (QED) is 0.740. The Hall–Kier alpha value is -0.130. The van der Waals surface area contributed by atoms with Gasteiger partial charge in [0.05, 0.1) is 13.1 Å². The van der Waals surface area contributed by atoms with Gasteiger partial charge in [0, 0.05) is 11.6 Å². The van der Waals surface area contributed by atoms with Crippen LogP contribution in [0.1, 0.15) is 17.2 Å². The molecule has 1 N–H and O–H groups in total. The summed E-state index contributed by atoms with van der Waals surface area (Å²) in [6.45, 7) is 0. The third kappa shape index (κ3) is 3.50. The van der Waals surface area contributed by atoms with Gasteiger partial charge < -0.3 is 5.32 Å². The third-order valence-corrected chi connectivity index (χ3v) is 5.27. The second kappa shape index (κ2) is 6.55. The van der Waals surface area contributed by atoms with E-state index in [2.05, 4.69) is 21.2 Å². The van der Waals surface area contributed by atoms with Crippen LogP contribution >= 0.6 is 50.5 Å². The van der Waals surface area contributed by atoms with Crippen LogP contribution in [0.15, 0.2) is 28.7 Å². The van der Waals surface area contributed by atoms with Crippen LogP contribution in [0, 0.1) is 5.82 Å². The number of nitrogens with one attached hydrogen (secondary N) is 1. The molecule has 1 nitrogen and oxygen atoms in total. The van der Waals surface area contributed by atoms with Gasteiger partial charge in [0.1, 0.15) is 5.82 Å². The van der Waals surface area contributed by atoms with Crippen LogP contribution in [0.25, 0.3) is 0 Å². The molecule has 0 saturated carbocycles. The van der Waals surface area contributed by atoms with Crippen molar-refractivity contribution in [3.8, 4) is 0 Å². The molecule has 2 aromatic rings. The van der Waals surface area contributed by atoms with Gasteiger partial charge in [-0.3, -0.25) is 0 Å². The van der Waals surface area contributed by atoms with Gasteiger partial charge in [0.25, 0.3) is 0 Å². The molecule has 0 spiro atoms. The lowest BCUT2D eigenvalue weighted by Crippen LogP contribution is -2.18. The number of halogens is 4. The predicted octanol–water partition coefficient (Wildman–Crippen LogP) is 5.46. The maximum absolute atomic E-state index is 13.5. The van der Waals surface area contributed by atoms with Crippen LogP contribution in [0.5, 0.6) is 0 Å². The third-order valence-electron chi connectivity index (χ3n) is 2.86. The first-order chi connectivity index (χ1) is 9.02. The molecule has 1 aromatic heterocycles. The fourth-order valence-electron chi connectivity index (χ4n) is 1.88. The average Bonchev–Trinajstić information content (AvgIpc) is 2.70. The second-order valence-electron chi connectivity index (χ2n) is 4.04. The highest BCUT2D eigenvalue weighted by Gasteiger charge is 2.18. The summed E-state index contributed by atoms with van der Waals surface area (Å²) in [4.78, 5) is 0. The predicted molar refractivity (Wildman–Crippen MR) is 83.9 cm³/mol. The molecule has 0 aliphatic rings. The maximum Gasteiger partial charge on any atom is 0.137 e. The van der Waals surface area contributed by atoms with Gasteiger partial charge in [-0.1, -0.05) is 35.3 Å². The van der Waals surface area contributed by atoms with E-state index >= 15 is 0 Å². The minimum Gasteiger partial charge on any atom is -0.313 e. The highest BCUT2D eigenvalue weighted by molar-refractivity contribution is 9.10. The van der Waals surface area contributed by atoms with Crippen LogP contribution in [-0.4, -0.2) is 7.05 Å². The molecule has 1 aromatic carbocycles. The molecule has 6 heteroatoms. The molecule has 0 radical (unpaired) electrons. The van der Waals surface area contributed by atoms with Crippen molar-refractivity contribution in [1.29, 1.82) is 0 Å². The monoisotopic (exact) mass is 381 g/mol. The summed E-state index contributed by atoms with van der Waals surface area (Å²) in [6.07, 6.45) is 0.627. The first-order valence-corrected chi connectivity index (χ1v) is 7.94. The standard InChI is InChI=1S/C13H11BrCl2FNS/c1-18-10(8-6-11(15)19-13(8)16)5-7-3-2-4-9(17)12(7)14/h2-4,6,10,18H,5H2,1H3. The summed E-state index contributed by atoms with van der Waals surface area (Å²) >= 11 is 16.7. The SMILES string of the molecule is CNC(Cc1cccc(F)c1Br)c1cc(Cl)sc1Cl. The Morgan fingerprint density at radius 1 is 1.42 bits per heavy atom. The van der Waals surface area contributed by atoms with Crippen molar-refractivity contribution in [3.05, 3.63) is 54.4 Å². The lowest BCUT2D eigenvalue weighted by atomic mass is 10.0. The Morgan fingerprint density at radius 2 is 2.16 bits per heavy atom. The van der Waals surface area contributed by atoms with Gasteiger partial charge in [-0.2, -0.15) is 0 Å². The minimum absolute atomic E-state index is 0.00523. The number of benzene rings is 1. The molecule has 0 aliphatic heterocycles. The van der Waals surface area contributed by atoms with Gasteiger partial charge in [0.2, 0.25) is 0 Å². The van der Waals surface area contributed by atoms with Crippen LogP contribution in [0.2, 0.25) is 8.67 Å². The van der Waals surface area contributed by atoms with Gasteiger partial charge in [-0.25, -0.2) is 4.39 Å². The molecular formula is C13H11BrCl2FNS. The summed E-state index contributed by atoms with van der Waals surface area (Å²) in [5.74, 6) is -0.262. The van der Waals surface area contributed by atoms with Crippen molar-refractivity contribution < 1.29 is 4.39 Å². The topological polar surface area (TPSA) is 12.0 Å². The summed E-state index contributed by atoms with van der Waals surface area (Å²) in [7, 11) is 1.85. The van der Waals surface area contributed by atoms with E-state index in [1.165, 1.54) is 17.4 Å². The number of likely N-dealkylation sites (N-methyl/N-ethyl adjacent to an activating group) is 1. The molecule has 1 heterocycles. The van der Waals surface area contributed by atoms with E-state index in [-0.39, 0.29) is 11.9 Å². The number of rotatable bonds is 4. The summed E-state index contributed by atoms with van der Waals surface area (Å²) in [6, 6.07) is 6.86. The van der Waals surface area contributed by atoms with Gasteiger partial charge >= 0.3 is 0 Å². The normalized spacial score (nSPS) is 12.7. The molecule has 102 valence electrons. The van der Waals surface area contributed by atoms with Crippen molar-refractivity contribution in [3.63, 3.8) is 0 Å². The van der Waals surface area contributed by atoms with Gasteiger partial charge in [-0.15, -0.1) is 11.3 Å². The van der Waals surface area contributed by atoms with Crippen LogP contribution in [0.3, 0.4) is 0 Å². The number of thiophene rings is 1. The van der Waals surface area contributed by atoms with E-state index in [0.717, 1.165) is 11.1 Å². The minimum atomic E-state index is -0.262. The highest BCUT2D eigenvalue weighted by atomic mass is 79.9. The maximum atomic E-state index is 13.5. The van der Waals surface area contributed by atoms with Crippen molar-refractivity contribution in [2.45, 2.75) is 12.5 Å². The van der Waals surface area contributed by atoms with E-state index in [1.807, 2.05) is 19.2 Å². The molecule has 1 unspecified atom stereocenters.